The van der Waals surface area contributed by atoms with Gasteiger partial charge in [0.15, 0.2) is 5.78 Å². The number of fused-ring (bicyclic) bond motifs is 1. The lowest BCUT2D eigenvalue weighted by Crippen LogP contribution is -2.56. The van der Waals surface area contributed by atoms with Crippen LogP contribution in [0.2, 0.25) is 5.02 Å². The normalized spacial score (nSPS) is 22.5. The Morgan fingerprint density at radius 3 is 2.44 bits per heavy atom. The number of ether oxygens (including phenoxy) is 1. The predicted molar refractivity (Wildman–Crippen MR) is 95.8 cm³/mol. The minimum atomic E-state index is -0.928. The lowest BCUT2D eigenvalue weighted by atomic mass is 9.73. The summed E-state index contributed by atoms with van der Waals surface area (Å²) in [6.07, 6.45) is 0.0806. The summed E-state index contributed by atoms with van der Waals surface area (Å²) in [6, 6.07) is 3.75. The molecule has 0 bridgehead atoms. The molecule has 25 heavy (non-hydrogen) atoms. The van der Waals surface area contributed by atoms with Gasteiger partial charge in [0, 0.05) is 25.9 Å². The Bertz CT molecular complexity index is 730. The molecule has 1 saturated heterocycles. The van der Waals surface area contributed by atoms with Crippen molar-refractivity contribution in [2.75, 3.05) is 13.1 Å². The molecule has 0 radical (unpaired) electrons. The van der Waals surface area contributed by atoms with E-state index in [0.29, 0.717) is 42.3 Å². The number of likely N-dealkylation sites (tertiary alicyclic amines) is 1. The van der Waals surface area contributed by atoms with Crippen molar-refractivity contribution in [2.24, 2.45) is 5.92 Å². The van der Waals surface area contributed by atoms with E-state index < -0.39 is 11.7 Å². The van der Waals surface area contributed by atoms with E-state index >= 15 is 0 Å². The van der Waals surface area contributed by atoms with Crippen molar-refractivity contribution < 1.29 is 19.4 Å². The van der Waals surface area contributed by atoms with E-state index in [1.165, 1.54) is 4.90 Å². The highest BCUT2D eigenvalue weighted by Crippen LogP contribution is 2.47. The van der Waals surface area contributed by atoms with E-state index in [9.17, 15) is 9.59 Å². The van der Waals surface area contributed by atoms with Crippen molar-refractivity contribution in [1.82, 2.24) is 4.90 Å². The van der Waals surface area contributed by atoms with Gasteiger partial charge in [0.25, 0.3) is 0 Å². The molecular weight excluding hydrogens is 342 g/mol. The summed E-state index contributed by atoms with van der Waals surface area (Å²) in [6.45, 7) is 8.78. The van der Waals surface area contributed by atoms with Crippen LogP contribution in [0.1, 0.15) is 56.5 Å². The zero-order valence-corrected chi connectivity index (χ0v) is 15.8. The van der Waals surface area contributed by atoms with Crippen molar-refractivity contribution >= 4 is 23.5 Å². The summed E-state index contributed by atoms with van der Waals surface area (Å²) < 4.78 is 6.29. The van der Waals surface area contributed by atoms with Crippen LogP contribution in [0, 0.1) is 5.92 Å². The van der Waals surface area contributed by atoms with Crippen molar-refractivity contribution in [3.05, 3.63) is 28.3 Å². The topological polar surface area (TPSA) is 66.8 Å². The zero-order valence-electron chi connectivity index (χ0n) is 15.1. The van der Waals surface area contributed by atoms with E-state index in [1.54, 1.807) is 0 Å². The molecule has 1 amide bonds. The minimum absolute atomic E-state index is 0.0128. The molecule has 1 fully saturated rings. The molecule has 1 spiro atoms. The van der Waals surface area contributed by atoms with Gasteiger partial charge in [-0.05, 0) is 17.0 Å². The number of benzene rings is 1. The summed E-state index contributed by atoms with van der Waals surface area (Å²) in [4.78, 5) is 25.6. The molecule has 1 atom stereocenters. The molecule has 1 aromatic rings. The van der Waals surface area contributed by atoms with E-state index in [2.05, 4.69) is 20.8 Å². The van der Waals surface area contributed by atoms with Crippen molar-refractivity contribution in [3.63, 3.8) is 0 Å². The average molecular weight is 366 g/mol. The van der Waals surface area contributed by atoms with Gasteiger partial charge < -0.3 is 14.7 Å². The fraction of sp³-hybridized carbons (Fsp3) is 0.579. The van der Waals surface area contributed by atoms with Gasteiger partial charge in [0.05, 0.1) is 16.5 Å². The molecule has 0 aromatic heterocycles. The highest BCUT2D eigenvalue weighted by Gasteiger charge is 2.50. The third-order valence-corrected chi connectivity index (χ3v) is 5.93. The first-order valence-corrected chi connectivity index (χ1v) is 8.99. The van der Waals surface area contributed by atoms with Crippen LogP contribution in [0.25, 0.3) is 0 Å². The number of ketones is 1. The molecule has 0 aliphatic carbocycles. The van der Waals surface area contributed by atoms with Gasteiger partial charge in [-0.2, -0.15) is 0 Å². The van der Waals surface area contributed by atoms with Crippen LogP contribution >= 0.6 is 11.6 Å². The number of hydrogen-bond acceptors (Lipinski definition) is 3. The van der Waals surface area contributed by atoms with E-state index in [-0.39, 0.29) is 17.1 Å². The Hall–Kier alpha value is -1.75. The van der Waals surface area contributed by atoms with Crippen LogP contribution in [-0.2, 0) is 5.41 Å². The second kappa shape index (κ2) is 5.90. The number of carbonyl (C=O) groups excluding carboxylic acids is 1. The second-order valence-corrected chi connectivity index (χ2v) is 8.45. The van der Waals surface area contributed by atoms with Crippen LogP contribution in [0.15, 0.2) is 12.1 Å². The third-order valence-electron chi connectivity index (χ3n) is 5.53. The standard InChI is InChI=1S/C19H24ClNO4/c1-11-16(22)14-13(6-5-12(15(14)20)18(2,3)4)25-19(11)7-9-21(10-8-19)17(23)24/h5-6,11H,7-10H2,1-4H3,(H,23,24). The zero-order chi connectivity index (χ0) is 18.6. The minimum Gasteiger partial charge on any atom is -0.486 e. The van der Waals surface area contributed by atoms with Crippen molar-refractivity contribution in [1.29, 1.82) is 0 Å². The van der Waals surface area contributed by atoms with Crippen molar-refractivity contribution in [2.45, 2.75) is 51.6 Å². The number of rotatable bonds is 0. The Morgan fingerprint density at radius 1 is 1.32 bits per heavy atom. The largest absolute Gasteiger partial charge is 0.486 e. The highest BCUT2D eigenvalue weighted by molar-refractivity contribution is 6.35. The smallest absolute Gasteiger partial charge is 0.407 e. The van der Waals surface area contributed by atoms with Crippen LogP contribution < -0.4 is 4.74 Å². The monoisotopic (exact) mass is 365 g/mol. The van der Waals surface area contributed by atoms with Gasteiger partial charge in [0.2, 0.25) is 0 Å². The maximum Gasteiger partial charge on any atom is 0.407 e. The number of nitrogens with zero attached hydrogens (tertiary/aromatic N) is 1. The molecule has 2 aliphatic heterocycles. The predicted octanol–water partition coefficient (Wildman–Crippen LogP) is 4.36. The van der Waals surface area contributed by atoms with Crippen LogP contribution in [0.4, 0.5) is 4.79 Å². The maximum atomic E-state index is 13.1. The summed E-state index contributed by atoms with van der Waals surface area (Å²) >= 11 is 6.58. The Morgan fingerprint density at radius 2 is 1.92 bits per heavy atom. The Labute approximate surface area is 152 Å². The number of Topliss-reactive ketones (excluding diaryl/α,β-unsaturated/α-hetero) is 1. The summed E-state index contributed by atoms with van der Waals surface area (Å²) in [5.41, 5.74) is 0.571. The third kappa shape index (κ3) is 2.88. The highest BCUT2D eigenvalue weighted by atomic mass is 35.5. The summed E-state index contributed by atoms with van der Waals surface area (Å²) in [7, 11) is 0. The van der Waals surface area contributed by atoms with Crippen LogP contribution in [0.5, 0.6) is 5.75 Å². The van der Waals surface area contributed by atoms with E-state index in [0.717, 1.165) is 5.56 Å². The molecule has 1 N–H and O–H groups in total. The molecule has 2 heterocycles. The number of amides is 1. The van der Waals surface area contributed by atoms with Gasteiger partial charge in [-0.1, -0.05) is 45.4 Å². The number of halogens is 1. The van der Waals surface area contributed by atoms with Crippen molar-refractivity contribution in [3.8, 4) is 5.75 Å². The van der Waals surface area contributed by atoms with Crippen LogP contribution in [0.3, 0.4) is 0 Å². The molecule has 1 unspecified atom stereocenters. The van der Waals surface area contributed by atoms with E-state index in [1.807, 2.05) is 19.1 Å². The molecule has 0 saturated carbocycles. The molecule has 3 rings (SSSR count). The quantitative estimate of drug-likeness (QED) is 0.741. The first-order valence-electron chi connectivity index (χ1n) is 8.61. The number of carboxylic acid groups (broad SMARTS) is 1. The van der Waals surface area contributed by atoms with Gasteiger partial charge >= 0.3 is 6.09 Å². The van der Waals surface area contributed by atoms with Gasteiger partial charge in [0.1, 0.15) is 11.4 Å². The fourth-order valence-electron chi connectivity index (χ4n) is 3.83. The molecular formula is C19H24ClNO4. The lowest BCUT2D eigenvalue weighted by Gasteiger charge is -2.47. The fourth-order valence-corrected chi connectivity index (χ4v) is 4.36. The Balaban J connectivity index is 1.98. The molecule has 5 nitrogen and oxygen atoms in total. The van der Waals surface area contributed by atoms with Gasteiger partial charge in [-0.15, -0.1) is 0 Å². The molecule has 6 heteroatoms. The van der Waals surface area contributed by atoms with E-state index in [4.69, 9.17) is 21.4 Å². The summed E-state index contributed by atoms with van der Waals surface area (Å²) in [5, 5.41) is 9.62. The number of carbonyl (C=O) groups is 2. The first-order chi connectivity index (χ1) is 11.6. The lowest BCUT2D eigenvalue weighted by molar-refractivity contribution is -0.0350. The molecule has 1 aromatic carbocycles. The second-order valence-electron chi connectivity index (χ2n) is 8.07. The summed E-state index contributed by atoms with van der Waals surface area (Å²) in [5.74, 6) is 0.148. The first kappa shape index (κ1) is 18.1. The average Bonchev–Trinajstić information content (AvgIpc) is 2.52. The number of piperidine rings is 1. The molecule has 2 aliphatic rings. The van der Waals surface area contributed by atoms with Gasteiger partial charge in [-0.3, -0.25) is 4.79 Å². The Kier molecular flexibility index (Phi) is 4.26. The van der Waals surface area contributed by atoms with Crippen LogP contribution in [-0.4, -0.2) is 40.6 Å². The maximum absolute atomic E-state index is 13.1. The molecule has 136 valence electrons. The number of hydrogen-bond donors (Lipinski definition) is 1. The van der Waals surface area contributed by atoms with Gasteiger partial charge in [-0.25, -0.2) is 4.79 Å². The SMILES string of the molecule is CC1C(=O)c2c(ccc(C(C)(C)C)c2Cl)OC12CCN(C(=O)O)CC2.